The first-order valence-corrected chi connectivity index (χ1v) is 9.58. The predicted molar refractivity (Wildman–Crippen MR) is 109 cm³/mol. The number of Topliss-reactive ketones (excluding diaryl/α,β-unsaturated/α-hetero) is 1. The Hall–Kier alpha value is -2.54. The minimum atomic E-state index is -0.466. The second-order valence-corrected chi connectivity index (χ2v) is 7.88. The van der Waals surface area contributed by atoms with Gasteiger partial charge in [0.05, 0.1) is 10.6 Å². The van der Waals surface area contributed by atoms with Gasteiger partial charge >= 0.3 is 0 Å². The molecular formula is C20H20BrN3O3. The van der Waals surface area contributed by atoms with Crippen LogP contribution in [0.2, 0.25) is 0 Å². The molecule has 3 rings (SSSR count). The molecule has 0 radical (unpaired) electrons. The van der Waals surface area contributed by atoms with Gasteiger partial charge in [-0.15, -0.1) is 0 Å². The van der Waals surface area contributed by atoms with Crippen LogP contribution in [0.1, 0.15) is 42.1 Å². The predicted octanol–water partition coefficient (Wildman–Crippen LogP) is 5.21. The lowest BCUT2D eigenvalue weighted by Gasteiger charge is -2.17. The lowest BCUT2D eigenvalue weighted by molar-refractivity contribution is -0.384. The number of carbonyl (C=O) groups is 1. The van der Waals surface area contributed by atoms with Gasteiger partial charge in [0, 0.05) is 33.8 Å². The summed E-state index contributed by atoms with van der Waals surface area (Å²) in [5, 5.41) is 22.9. The zero-order chi connectivity index (χ0) is 19.6. The van der Waals surface area contributed by atoms with Crippen molar-refractivity contribution in [1.82, 2.24) is 0 Å². The summed E-state index contributed by atoms with van der Waals surface area (Å²) in [6, 6.07) is 11.3. The van der Waals surface area contributed by atoms with E-state index in [2.05, 4.69) is 28.2 Å². The fourth-order valence-electron chi connectivity index (χ4n) is 3.44. The third-order valence-corrected chi connectivity index (χ3v) is 5.34. The molecule has 0 saturated heterocycles. The molecule has 0 bridgehead atoms. The number of halogens is 1. The second kappa shape index (κ2) is 8.00. The summed E-state index contributed by atoms with van der Waals surface area (Å²) in [4.78, 5) is 23.5. The van der Waals surface area contributed by atoms with Crippen molar-refractivity contribution in [3.8, 4) is 0 Å². The molecule has 0 heterocycles. The van der Waals surface area contributed by atoms with E-state index >= 15 is 0 Å². The SMILES string of the molecule is CC1CCC(Nc2cc([N+](=O)[O-])ccc2C(=N)C(=O)c2cccc(Br)c2)C1. The number of nitrogens with zero attached hydrogens (tertiary/aromatic N) is 1. The van der Waals surface area contributed by atoms with Crippen LogP contribution in [-0.2, 0) is 0 Å². The van der Waals surface area contributed by atoms with E-state index in [4.69, 9.17) is 5.41 Å². The van der Waals surface area contributed by atoms with E-state index in [1.54, 1.807) is 24.3 Å². The zero-order valence-electron chi connectivity index (χ0n) is 14.9. The van der Waals surface area contributed by atoms with Crippen LogP contribution in [0.5, 0.6) is 0 Å². The topological polar surface area (TPSA) is 96.1 Å². The first kappa shape index (κ1) is 19.2. The third kappa shape index (κ3) is 4.42. The van der Waals surface area contributed by atoms with Gasteiger partial charge in [0.1, 0.15) is 5.71 Å². The number of ketones is 1. The third-order valence-electron chi connectivity index (χ3n) is 4.85. The van der Waals surface area contributed by atoms with E-state index in [9.17, 15) is 14.9 Å². The molecule has 0 spiro atoms. The minimum Gasteiger partial charge on any atom is -0.382 e. The van der Waals surface area contributed by atoms with E-state index in [0.717, 1.165) is 23.7 Å². The summed E-state index contributed by atoms with van der Waals surface area (Å²) < 4.78 is 0.753. The fraction of sp³-hybridized carbons (Fsp3) is 0.300. The number of nitro groups is 1. The van der Waals surface area contributed by atoms with Crippen molar-refractivity contribution in [1.29, 1.82) is 5.41 Å². The Balaban J connectivity index is 1.94. The maximum atomic E-state index is 12.8. The first-order chi connectivity index (χ1) is 12.8. The number of nitro benzene ring substituents is 1. The van der Waals surface area contributed by atoms with Crippen molar-refractivity contribution in [2.75, 3.05) is 5.32 Å². The van der Waals surface area contributed by atoms with Crippen LogP contribution in [0, 0.1) is 21.4 Å². The summed E-state index contributed by atoms with van der Waals surface area (Å²) in [5.74, 6) is 0.167. The van der Waals surface area contributed by atoms with E-state index in [1.165, 1.54) is 18.2 Å². The van der Waals surface area contributed by atoms with E-state index in [0.29, 0.717) is 22.7 Å². The number of carbonyl (C=O) groups excluding carboxylic acids is 1. The summed E-state index contributed by atoms with van der Waals surface area (Å²) in [5.41, 5.74) is 1.00. The molecule has 7 heteroatoms. The Morgan fingerprint density at radius 1 is 1.26 bits per heavy atom. The Morgan fingerprint density at radius 3 is 2.67 bits per heavy atom. The lowest BCUT2D eigenvalue weighted by atomic mass is 9.98. The molecule has 140 valence electrons. The highest BCUT2D eigenvalue weighted by atomic mass is 79.9. The van der Waals surface area contributed by atoms with E-state index in [-0.39, 0.29) is 17.4 Å². The molecule has 1 aliphatic rings. The summed E-state index contributed by atoms with van der Waals surface area (Å²) in [7, 11) is 0. The van der Waals surface area contributed by atoms with Crippen LogP contribution in [-0.4, -0.2) is 22.5 Å². The Labute approximate surface area is 165 Å². The molecular weight excluding hydrogens is 410 g/mol. The highest BCUT2D eigenvalue weighted by Crippen LogP contribution is 2.31. The van der Waals surface area contributed by atoms with E-state index in [1.807, 2.05) is 0 Å². The molecule has 0 aliphatic heterocycles. The smallest absolute Gasteiger partial charge is 0.271 e. The van der Waals surface area contributed by atoms with Crippen molar-refractivity contribution in [3.05, 3.63) is 68.2 Å². The van der Waals surface area contributed by atoms with Gasteiger partial charge in [0.25, 0.3) is 5.69 Å². The molecule has 1 saturated carbocycles. The fourth-order valence-corrected chi connectivity index (χ4v) is 3.84. The number of hydrogen-bond acceptors (Lipinski definition) is 5. The van der Waals surface area contributed by atoms with Gasteiger partial charge in [-0.1, -0.05) is 35.0 Å². The van der Waals surface area contributed by atoms with Crippen LogP contribution in [0.15, 0.2) is 46.9 Å². The molecule has 6 nitrogen and oxygen atoms in total. The molecule has 1 fully saturated rings. The van der Waals surface area contributed by atoms with Gasteiger partial charge in [0.2, 0.25) is 5.78 Å². The van der Waals surface area contributed by atoms with Crippen molar-refractivity contribution >= 4 is 38.8 Å². The molecule has 2 unspecified atom stereocenters. The number of non-ortho nitro benzene ring substituents is 1. The van der Waals surface area contributed by atoms with E-state index < -0.39 is 10.7 Å². The maximum absolute atomic E-state index is 12.8. The van der Waals surface area contributed by atoms with Crippen molar-refractivity contribution in [2.45, 2.75) is 32.2 Å². The summed E-state index contributed by atoms with van der Waals surface area (Å²) in [6.07, 6.45) is 3.03. The largest absolute Gasteiger partial charge is 0.382 e. The number of benzene rings is 2. The standard InChI is InChI=1S/C20H20BrN3O3/c1-12-5-6-15(9-12)23-18-11-16(24(26)27)7-8-17(18)19(22)20(25)13-3-2-4-14(21)10-13/h2-4,7-8,10-12,15,22-23H,5-6,9H2,1H3. The zero-order valence-corrected chi connectivity index (χ0v) is 16.5. The molecule has 2 aromatic rings. The molecule has 0 amide bonds. The van der Waals surface area contributed by atoms with Crippen molar-refractivity contribution < 1.29 is 9.72 Å². The molecule has 27 heavy (non-hydrogen) atoms. The van der Waals surface area contributed by atoms with Gasteiger partial charge in [-0.05, 0) is 43.4 Å². The van der Waals surface area contributed by atoms with Gasteiger partial charge in [-0.2, -0.15) is 0 Å². The number of anilines is 1. The molecule has 2 N–H and O–H groups in total. The normalized spacial score (nSPS) is 18.9. The van der Waals surface area contributed by atoms with Gasteiger partial charge in [-0.3, -0.25) is 20.3 Å². The van der Waals surface area contributed by atoms with Crippen molar-refractivity contribution in [2.24, 2.45) is 5.92 Å². The lowest BCUT2D eigenvalue weighted by Crippen LogP contribution is -2.21. The van der Waals surface area contributed by atoms with Crippen LogP contribution in [0.3, 0.4) is 0 Å². The summed E-state index contributed by atoms with van der Waals surface area (Å²) >= 11 is 3.33. The van der Waals surface area contributed by atoms with Gasteiger partial charge in [0.15, 0.2) is 0 Å². The average Bonchev–Trinajstić information content (AvgIpc) is 3.05. The van der Waals surface area contributed by atoms with Gasteiger partial charge < -0.3 is 5.32 Å². The van der Waals surface area contributed by atoms with Crippen LogP contribution < -0.4 is 5.32 Å². The van der Waals surface area contributed by atoms with Crippen molar-refractivity contribution in [3.63, 3.8) is 0 Å². The average molecular weight is 430 g/mol. The van der Waals surface area contributed by atoms with Crippen LogP contribution in [0.25, 0.3) is 0 Å². The quantitative estimate of drug-likeness (QED) is 0.285. The monoisotopic (exact) mass is 429 g/mol. The number of hydrogen-bond donors (Lipinski definition) is 2. The second-order valence-electron chi connectivity index (χ2n) is 6.96. The number of nitrogens with one attached hydrogen (secondary N) is 2. The molecule has 2 atom stereocenters. The Kier molecular flexibility index (Phi) is 5.70. The molecule has 0 aromatic heterocycles. The molecule has 1 aliphatic carbocycles. The summed E-state index contributed by atoms with van der Waals surface area (Å²) in [6.45, 7) is 2.18. The highest BCUT2D eigenvalue weighted by Gasteiger charge is 2.25. The van der Waals surface area contributed by atoms with Crippen LogP contribution in [0.4, 0.5) is 11.4 Å². The minimum absolute atomic E-state index is 0.0602. The Morgan fingerprint density at radius 2 is 2.04 bits per heavy atom. The number of rotatable bonds is 6. The first-order valence-electron chi connectivity index (χ1n) is 8.79. The maximum Gasteiger partial charge on any atom is 0.271 e. The Bertz CT molecular complexity index is 913. The van der Waals surface area contributed by atoms with Crippen LogP contribution >= 0.6 is 15.9 Å². The highest BCUT2D eigenvalue weighted by molar-refractivity contribution is 9.10. The van der Waals surface area contributed by atoms with Gasteiger partial charge in [-0.25, -0.2) is 0 Å². The molecule has 2 aromatic carbocycles.